The highest BCUT2D eigenvalue weighted by molar-refractivity contribution is 5.85. The van der Waals surface area contributed by atoms with E-state index in [-0.39, 0.29) is 23.9 Å². The lowest BCUT2D eigenvalue weighted by Crippen LogP contribution is -2.36. The van der Waals surface area contributed by atoms with E-state index < -0.39 is 17.5 Å². The Morgan fingerprint density at radius 2 is 1.71 bits per heavy atom. The van der Waals surface area contributed by atoms with Gasteiger partial charge in [-0.05, 0) is 44.5 Å². The molecule has 0 amide bonds. The zero-order valence-corrected chi connectivity index (χ0v) is 10.5. The van der Waals surface area contributed by atoms with Crippen molar-refractivity contribution in [3.8, 4) is 0 Å². The van der Waals surface area contributed by atoms with E-state index in [2.05, 4.69) is 5.32 Å². The van der Waals surface area contributed by atoms with Crippen LogP contribution in [0.1, 0.15) is 31.7 Å². The summed E-state index contributed by atoms with van der Waals surface area (Å²) < 4.78 is 39.0. The van der Waals surface area contributed by atoms with Gasteiger partial charge in [-0.25, -0.2) is 13.2 Å². The molecule has 96 valence electrons. The van der Waals surface area contributed by atoms with Gasteiger partial charge in [-0.3, -0.25) is 0 Å². The summed E-state index contributed by atoms with van der Waals surface area (Å²) in [6.07, 6.45) is 0.803. The minimum Gasteiger partial charge on any atom is -0.311 e. The lowest BCUT2D eigenvalue weighted by Gasteiger charge is -2.27. The quantitative estimate of drug-likeness (QED) is 0.768. The number of rotatable bonds is 1. The summed E-state index contributed by atoms with van der Waals surface area (Å²) >= 11 is 0. The third-order valence-electron chi connectivity index (χ3n) is 3.29. The van der Waals surface area contributed by atoms with Gasteiger partial charge in [0.25, 0.3) is 0 Å². The van der Waals surface area contributed by atoms with Crippen molar-refractivity contribution in [2.75, 3.05) is 6.54 Å². The van der Waals surface area contributed by atoms with E-state index in [1.807, 2.05) is 13.8 Å². The van der Waals surface area contributed by atoms with E-state index in [4.69, 9.17) is 0 Å². The van der Waals surface area contributed by atoms with Crippen LogP contribution in [-0.4, -0.2) is 12.1 Å². The predicted octanol–water partition coefficient (Wildman–Crippen LogP) is 3.38. The molecule has 1 aromatic carbocycles. The van der Waals surface area contributed by atoms with E-state index in [1.165, 1.54) is 0 Å². The number of nitrogens with one attached hydrogen (secondary N) is 1. The number of halogens is 4. The third kappa shape index (κ3) is 2.58. The molecule has 1 atom stereocenters. The maximum Gasteiger partial charge on any atom is 0.194 e. The highest BCUT2D eigenvalue weighted by Crippen LogP contribution is 2.36. The lowest BCUT2D eigenvalue weighted by atomic mass is 9.83. The molecule has 0 radical (unpaired) electrons. The topological polar surface area (TPSA) is 12.0 Å². The van der Waals surface area contributed by atoms with Gasteiger partial charge in [0, 0.05) is 11.5 Å². The van der Waals surface area contributed by atoms with Gasteiger partial charge in [-0.15, -0.1) is 12.4 Å². The van der Waals surface area contributed by atoms with Gasteiger partial charge in [-0.1, -0.05) is 0 Å². The van der Waals surface area contributed by atoms with Gasteiger partial charge in [0.05, 0.1) is 0 Å². The molecule has 5 heteroatoms. The van der Waals surface area contributed by atoms with Crippen molar-refractivity contribution in [3.63, 3.8) is 0 Å². The summed E-state index contributed by atoms with van der Waals surface area (Å²) in [6.45, 7) is 4.76. The molecule has 1 aliphatic rings. The maximum atomic E-state index is 13.1. The second-order valence-corrected chi connectivity index (χ2v) is 4.79. The molecular formula is C12H15ClF3N. The third-order valence-corrected chi connectivity index (χ3v) is 3.29. The van der Waals surface area contributed by atoms with E-state index >= 15 is 0 Å². The fourth-order valence-electron chi connectivity index (χ4n) is 2.38. The van der Waals surface area contributed by atoms with E-state index in [0.717, 1.165) is 25.1 Å². The summed E-state index contributed by atoms with van der Waals surface area (Å²) in [5.74, 6) is -3.61. The standard InChI is InChI=1S/C12H14F3N.ClH/c1-12(2)8(3-4-16-12)7-5-9(13)11(15)10(14)6-7;/h5-6,8,16H,3-4H2,1-2H3;1H. The zero-order valence-electron chi connectivity index (χ0n) is 9.69. The van der Waals surface area contributed by atoms with Gasteiger partial charge in [0.2, 0.25) is 0 Å². The van der Waals surface area contributed by atoms with E-state index in [0.29, 0.717) is 5.56 Å². The first kappa shape index (κ1) is 14.3. The Hall–Kier alpha value is -0.740. The number of benzene rings is 1. The van der Waals surface area contributed by atoms with E-state index in [9.17, 15) is 13.2 Å². The summed E-state index contributed by atoms with van der Waals surface area (Å²) in [7, 11) is 0. The molecule has 0 bridgehead atoms. The molecule has 1 unspecified atom stereocenters. The fraction of sp³-hybridized carbons (Fsp3) is 0.500. The molecule has 1 N–H and O–H groups in total. The van der Waals surface area contributed by atoms with Crippen LogP contribution >= 0.6 is 12.4 Å². The van der Waals surface area contributed by atoms with Gasteiger partial charge >= 0.3 is 0 Å². The Morgan fingerprint density at radius 1 is 1.18 bits per heavy atom. The molecule has 2 rings (SSSR count). The molecule has 1 fully saturated rings. The van der Waals surface area contributed by atoms with Crippen molar-refractivity contribution >= 4 is 12.4 Å². The minimum absolute atomic E-state index is 0. The van der Waals surface area contributed by atoms with Gasteiger partial charge < -0.3 is 5.32 Å². The summed E-state index contributed by atoms with van der Waals surface area (Å²) in [4.78, 5) is 0. The Kier molecular flexibility index (Phi) is 4.10. The van der Waals surface area contributed by atoms with Crippen LogP contribution in [0.15, 0.2) is 12.1 Å². The molecule has 1 saturated heterocycles. The Bertz CT molecular complexity index is 397. The Balaban J connectivity index is 0.00000144. The number of hydrogen-bond acceptors (Lipinski definition) is 1. The van der Waals surface area contributed by atoms with Crippen molar-refractivity contribution in [2.24, 2.45) is 0 Å². The van der Waals surface area contributed by atoms with E-state index in [1.54, 1.807) is 0 Å². The summed E-state index contributed by atoms with van der Waals surface area (Å²) in [5.41, 5.74) is 0.308. The molecule has 0 aromatic heterocycles. The van der Waals surface area contributed by atoms with Crippen molar-refractivity contribution < 1.29 is 13.2 Å². The maximum absolute atomic E-state index is 13.1. The molecule has 0 aliphatic carbocycles. The first-order valence-corrected chi connectivity index (χ1v) is 5.31. The van der Waals surface area contributed by atoms with Crippen molar-refractivity contribution in [2.45, 2.75) is 31.7 Å². The first-order chi connectivity index (χ1) is 7.42. The monoisotopic (exact) mass is 265 g/mol. The van der Waals surface area contributed by atoms with Gasteiger partial charge in [-0.2, -0.15) is 0 Å². The van der Waals surface area contributed by atoms with Crippen LogP contribution in [0.2, 0.25) is 0 Å². The van der Waals surface area contributed by atoms with Crippen LogP contribution in [0, 0.1) is 17.5 Å². The number of hydrogen-bond donors (Lipinski definition) is 1. The summed E-state index contributed by atoms with van der Waals surface area (Å²) in [6, 6.07) is 2.19. The molecule has 1 aromatic rings. The molecular weight excluding hydrogens is 251 g/mol. The summed E-state index contributed by atoms with van der Waals surface area (Å²) in [5, 5.41) is 3.26. The average molecular weight is 266 g/mol. The normalized spacial score (nSPS) is 22.3. The van der Waals surface area contributed by atoms with Crippen LogP contribution in [-0.2, 0) is 0 Å². The van der Waals surface area contributed by atoms with Crippen LogP contribution in [0.25, 0.3) is 0 Å². The highest BCUT2D eigenvalue weighted by atomic mass is 35.5. The Morgan fingerprint density at radius 3 is 2.12 bits per heavy atom. The first-order valence-electron chi connectivity index (χ1n) is 5.31. The molecule has 1 heterocycles. The smallest absolute Gasteiger partial charge is 0.194 e. The van der Waals surface area contributed by atoms with Gasteiger partial charge in [0.1, 0.15) is 0 Å². The van der Waals surface area contributed by atoms with Crippen LogP contribution < -0.4 is 5.32 Å². The molecule has 17 heavy (non-hydrogen) atoms. The second-order valence-electron chi connectivity index (χ2n) is 4.79. The molecule has 0 saturated carbocycles. The van der Waals surface area contributed by atoms with Crippen LogP contribution in [0.4, 0.5) is 13.2 Å². The van der Waals surface area contributed by atoms with Crippen molar-refractivity contribution in [1.29, 1.82) is 0 Å². The van der Waals surface area contributed by atoms with Gasteiger partial charge in [0.15, 0.2) is 17.5 Å². The fourth-order valence-corrected chi connectivity index (χ4v) is 2.38. The van der Waals surface area contributed by atoms with Crippen LogP contribution in [0.3, 0.4) is 0 Å². The lowest BCUT2D eigenvalue weighted by molar-refractivity contribution is 0.401. The Labute approximate surface area is 105 Å². The molecule has 1 nitrogen and oxygen atoms in total. The average Bonchev–Trinajstić information content (AvgIpc) is 2.53. The zero-order chi connectivity index (χ0) is 11.9. The molecule has 0 spiro atoms. The predicted molar refractivity (Wildman–Crippen MR) is 63.0 cm³/mol. The van der Waals surface area contributed by atoms with Crippen molar-refractivity contribution in [3.05, 3.63) is 35.1 Å². The van der Waals surface area contributed by atoms with Crippen LogP contribution in [0.5, 0.6) is 0 Å². The highest BCUT2D eigenvalue weighted by Gasteiger charge is 2.35. The van der Waals surface area contributed by atoms with Crippen molar-refractivity contribution in [1.82, 2.24) is 5.32 Å². The minimum atomic E-state index is -1.40. The SMILES string of the molecule is CC1(C)NCCC1c1cc(F)c(F)c(F)c1.Cl. The second kappa shape index (κ2) is 4.86. The largest absolute Gasteiger partial charge is 0.311 e. The molecule has 1 aliphatic heterocycles.